The number of alkyl halides is 1. The van der Waals surface area contributed by atoms with Crippen LogP contribution in [0, 0.1) is 0 Å². The standard InChI is InChI=1S/C5H12.C4H9F/c1-3-5-4-2;1-2-3-4-5/h3-5H2,1-2H3;2-4H2,1H3. The molecule has 0 fully saturated rings. The van der Waals surface area contributed by atoms with Crippen molar-refractivity contribution in [1.82, 2.24) is 0 Å². The van der Waals surface area contributed by atoms with Gasteiger partial charge < -0.3 is 0 Å². The molecule has 10 heavy (non-hydrogen) atoms. The van der Waals surface area contributed by atoms with E-state index in [1.807, 2.05) is 6.92 Å². The second-order valence-corrected chi connectivity index (χ2v) is 2.40. The van der Waals surface area contributed by atoms with Gasteiger partial charge in [0.15, 0.2) is 0 Å². The molecule has 1 heteroatoms. The predicted octanol–water partition coefficient (Wildman–Crippen LogP) is 3.95. The number of rotatable bonds is 4. The minimum atomic E-state index is -0.156. The fourth-order valence-electron chi connectivity index (χ4n) is 0.487. The van der Waals surface area contributed by atoms with Gasteiger partial charge in [-0.15, -0.1) is 0 Å². The van der Waals surface area contributed by atoms with Gasteiger partial charge in [0.25, 0.3) is 0 Å². The molecule has 0 N–H and O–H groups in total. The van der Waals surface area contributed by atoms with Crippen LogP contribution in [0.3, 0.4) is 0 Å². The number of unbranched alkanes of at least 4 members (excludes halogenated alkanes) is 3. The second kappa shape index (κ2) is 16.0. The van der Waals surface area contributed by atoms with E-state index in [0.29, 0.717) is 0 Å². The largest absolute Gasteiger partial charge is 0.251 e. The molecule has 0 radical (unpaired) electrons. The van der Waals surface area contributed by atoms with Gasteiger partial charge in [0.1, 0.15) is 0 Å². The Kier molecular flexibility index (Phi) is 20.1. The van der Waals surface area contributed by atoms with Crippen LogP contribution >= 0.6 is 0 Å². The van der Waals surface area contributed by atoms with Crippen molar-refractivity contribution in [3.8, 4) is 0 Å². The van der Waals surface area contributed by atoms with Gasteiger partial charge in [0.05, 0.1) is 6.67 Å². The summed E-state index contributed by atoms with van der Waals surface area (Å²) in [7, 11) is 0. The van der Waals surface area contributed by atoms with E-state index in [2.05, 4.69) is 13.8 Å². The molecule has 0 saturated carbocycles. The highest BCUT2D eigenvalue weighted by Gasteiger charge is 1.71. The molecule has 0 rings (SSSR count). The summed E-state index contributed by atoms with van der Waals surface area (Å²) in [5.41, 5.74) is 0. The van der Waals surface area contributed by atoms with Crippen LogP contribution in [0.15, 0.2) is 0 Å². The van der Waals surface area contributed by atoms with E-state index < -0.39 is 0 Å². The zero-order valence-corrected chi connectivity index (χ0v) is 7.62. The Bertz CT molecular complexity index is 25.7. The summed E-state index contributed by atoms with van der Waals surface area (Å²) in [5, 5.41) is 0. The molecular formula is C9H21F. The van der Waals surface area contributed by atoms with Crippen molar-refractivity contribution in [1.29, 1.82) is 0 Å². The second-order valence-electron chi connectivity index (χ2n) is 2.40. The van der Waals surface area contributed by atoms with E-state index >= 15 is 0 Å². The van der Waals surface area contributed by atoms with Gasteiger partial charge in [-0.3, -0.25) is 4.39 Å². The molecule has 0 heterocycles. The molecule has 0 atom stereocenters. The number of halogens is 1. The van der Waals surface area contributed by atoms with Crippen LogP contribution in [-0.2, 0) is 0 Å². The van der Waals surface area contributed by atoms with Gasteiger partial charge >= 0.3 is 0 Å². The highest BCUT2D eigenvalue weighted by molar-refractivity contribution is 4.24. The molecule has 0 amide bonds. The molecule has 0 aromatic carbocycles. The fourth-order valence-corrected chi connectivity index (χ4v) is 0.487. The number of hydrogen-bond donors (Lipinski definition) is 0. The summed E-state index contributed by atoms with van der Waals surface area (Å²) < 4.78 is 11.0. The maximum Gasteiger partial charge on any atom is 0.0894 e. The summed E-state index contributed by atoms with van der Waals surface area (Å²) >= 11 is 0. The highest BCUT2D eigenvalue weighted by Crippen LogP contribution is 1.88. The molecule has 64 valence electrons. The first-order valence-corrected chi connectivity index (χ1v) is 4.39. The van der Waals surface area contributed by atoms with Crippen LogP contribution < -0.4 is 0 Å². The van der Waals surface area contributed by atoms with Gasteiger partial charge in [0.2, 0.25) is 0 Å². The summed E-state index contributed by atoms with van der Waals surface area (Å²) in [6.07, 6.45) is 5.77. The van der Waals surface area contributed by atoms with Gasteiger partial charge in [0, 0.05) is 0 Å². The molecule has 0 aromatic rings. The zero-order chi connectivity index (χ0) is 8.24. The average molecular weight is 148 g/mol. The third kappa shape index (κ3) is 24.7. The summed E-state index contributed by atoms with van der Waals surface area (Å²) in [5.74, 6) is 0. The summed E-state index contributed by atoms with van der Waals surface area (Å²) in [6, 6.07) is 0. The van der Waals surface area contributed by atoms with Crippen LogP contribution in [0.4, 0.5) is 4.39 Å². The normalized spacial score (nSPS) is 8.40. The molecule has 0 nitrogen and oxygen atoms in total. The van der Waals surface area contributed by atoms with Crippen molar-refractivity contribution in [2.45, 2.75) is 52.9 Å². The molecule has 0 spiro atoms. The Hall–Kier alpha value is -0.0700. The molecule has 0 bridgehead atoms. The molecule has 0 aliphatic rings. The average Bonchev–Trinajstić information content (AvgIpc) is 1.93. The van der Waals surface area contributed by atoms with Crippen LogP contribution in [-0.4, -0.2) is 6.67 Å². The van der Waals surface area contributed by atoms with Crippen molar-refractivity contribution >= 4 is 0 Å². The van der Waals surface area contributed by atoms with E-state index in [9.17, 15) is 4.39 Å². The summed E-state index contributed by atoms with van der Waals surface area (Å²) in [4.78, 5) is 0. The Morgan fingerprint density at radius 1 is 0.800 bits per heavy atom. The monoisotopic (exact) mass is 148 g/mol. The smallest absolute Gasteiger partial charge is 0.0894 e. The van der Waals surface area contributed by atoms with E-state index in [1.54, 1.807) is 0 Å². The van der Waals surface area contributed by atoms with Gasteiger partial charge in [-0.25, -0.2) is 0 Å². The topological polar surface area (TPSA) is 0 Å². The minimum absolute atomic E-state index is 0.156. The van der Waals surface area contributed by atoms with E-state index in [0.717, 1.165) is 12.8 Å². The predicted molar refractivity (Wildman–Crippen MR) is 46.1 cm³/mol. The lowest BCUT2D eigenvalue weighted by Gasteiger charge is -1.79. The maximum atomic E-state index is 11.0. The lowest BCUT2D eigenvalue weighted by molar-refractivity contribution is 0.469. The Balaban J connectivity index is 0. The van der Waals surface area contributed by atoms with Crippen molar-refractivity contribution < 1.29 is 4.39 Å². The maximum absolute atomic E-state index is 11.0. The molecule has 0 aliphatic heterocycles. The lowest BCUT2D eigenvalue weighted by Crippen LogP contribution is -1.67. The molecule has 0 saturated heterocycles. The minimum Gasteiger partial charge on any atom is -0.251 e. The van der Waals surface area contributed by atoms with Crippen molar-refractivity contribution in [2.75, 3.05) is 6.67 Å². The molecule has 0 aromatic heterocycles. The Morgan fingerprint density at radius 2 is 1.20 bits per heavy atom. The summed E-state index contributed by atoms with van der Waals surface area (Å²) in [6.45, 7) is 6.24. The number of hydrogen-bond acceptors (Lipinski definition) is 0. The lowest BCUT2D eigenvalue weighted by atomic mass is 10.3. The fraction of sp³-hybridized carbons (Fsp3) is 1.00. The van der Waals surface area contributed by atoms with Crippen molar-refractivity contribution in [3.63, 3.8) is 0 Å². The Morgan fingerprint density at radius 3 is 1.20 bits per heavy atom. The van der Waals surface area contributed by atoms with Gasteiger partial charge in [-0.05, 0) is 6.42 Å². The van der Waals surface area contributed by atoms with Gasteiger partial charge in [-0.2, -0.15) is 0 Å². The van der Waals surface area contributed by atoms with E-state index in [1.165, 1.54) is 19.3 Å². The van der Waals surface area contributed by atoms with Gasteiger partial charge in [-0.1, -0.05) is 46.5 Å². The van der Waals surface area contributed by atoms with Crippen LogP contribution in [0.25, 0.3) is 0 Å². The third-order valence-electron chi connectivity index (χ3n) is 1.19. The molecular weight excluding hydrogens is 127 g/mol. The van der Waals surface area contributed by atoms with Crippen molar-refractivity contribution in [3.05, 3.63) is 0 Å². The quantitative estimate of drug-likeness (QED) is 0.566. The van der Waals surface area contributed by atoms with Crippen LogP contribution in [0.2, 0.25) is 0 Å². The first kappa shape index (κ1) is 12.6. The third-order valence-corrected chi connectivity index (χ3v) is 1.19. The van der Waals surface area contributed by atoms with Crippen molar-refractivity contribution in [2.24, 2.45) is 0 Å². The van der Waals surface area contributed by atoms with Crippen LogP contribution in [0.5, 0.6) is 0 Å². The Labute approximate surface area is 64.8 Å². The van der Waals surface area contributed by atoms with E-state index in [-0.39, 0.29) is 6.67 Å². The van der Waals surface area contributed by atoms with Crippen LogP contribution in [0.1, 0.15) is 52.9 Å². The first-order valence-electron chi connectivity index (χ1n) is 4.39. The SMILES string of the molecule is CCCCC.CCCCF. The highest BCUT2D eigenvalue weighted by atomic mass is 19.1. The molecule has 0 aliphatic carbocycles. The zero-order valence-electron chi connectivity index (χ0n) is 7.62. The molecule has 0 unspecified atom stereocenters. The van der Waals surface area contributed by atoms with E-state index in [4.69, 9.17) is 0 Å². The first-order chi connectivity index (χ1) is 4.83.